The van der Waals surface area contributed by atoms with Crippen LogP contribution in [0.25, 0.3) is 0 Å². The SMILES string of the molecule is COc1ccc(C(C#N)C=NCC#N)cc1. The van der Waals surface area contributed by atoms with Gasteiger partial charge in [0, 0.05) is 6.21 Å². The fourth-order valence-corrected chi connectivity index (χ4v) is 1.20. The fourth-order valence-electron chi connectivity index (χ4n) is 1.20. The van der Waals surface area contributed by atoms with Crippen LogP contribution in [0.3, 0.4) is 0 Å². The smallest absolute Gasteiger partial charge is 0.125 e. The summed E-state index contributed by atoms with van der Waals surface area (Å²) >= 11 is 0. The number of nitriles is 2. The molecule has 0 aliphatic heterocycles. The first-order valence-electron chi connectivity index (χ1n) is 4.72. The van der Waals surface area contributed by atoms with E-state index < -0.39 is 5.92 Å². The molecule has 0 bridgehead atoms. The van der Waals surface area contributed by atoms with Crippen LogP contribution in [-0.4, -0.2) is 19.9 Å². The van der Waals surface area contributed by atoms with Crippen molar-refractivity contribution in [2.24, 2.45) is 4.99 Å². The lowest BCUT2D eigenvalue weighted by atomic mass is 10.0. The minimum Gasteiger partial charge on any atom is -0.497 e. The third-order valence-corrected chi connectivity index (χ3v) is 2.03. The number of methoxy groups -OCH3 is 1. The summed E-state index contributed by atoms with van der Waals surface area (Å²) < 4.78 is 5.02. The third kappa shape index (κ3) is 3.11. The zero-order chi connectivity index (χ0) is 11.8. The Hall–Kier alpha value is -2.33. The van der Waals surface area contributed by atoms with E-state index in [1.807, 2.05) is 18.2 Å². The first kappa shape index (κ1) is 11.7. The normalized spacial score (nSPS) is 11.7. The van der Waals surface area contributed by atoms with Gasteiger partial charge in [-0.05, 0) is 17.7 Å². The van der Waals surface area contributed by atoms with Gasteiger partial charge in [-0.2, -0.15) is 10.5 Å². The molecule has 0 saturated carbocycles. The van der Waals surface area contributed by atoms with Crippen LogP contribution in [0.5, 0.6) is 5.75 Å². The molecule has 4 heteroatoms. The Kier molecular flexibility index (Phi) is 4.56. The summed E-state index contributed by atoms with van der Waals surface area (Å²) in [4.78, 5) is 3.84. The van der Waals surface area contributed by atoms with E-state index in [1.54, 1.807) is 19.2 Å². The summed E-state index contributed by atoms with van der Waals surface area (Å²) in [6, 6.07) is 11.2. The van der Waals surface area contributed by atoms with Crippen LogP contribution in [0, 0.1) is 22.7 Å². The average Bonchev–Trinajstić information content (AvgIpc) is 2.35. The van der Waals surface area contributed by atoms with E-state index in [0.717, 1.165) is 11.3 Å². The van der Waals surface area contributed by atoms with Gasteiger partial charge in [-0.3, -0.25) is 4.99 Å². The van der Waals surface area contributed by atoms with Crippen molar-refractivity contribution in [2.45, 2.75) is 5.92 Å². The molecule has 0 amide bonds. The van der Waals surface area contributed by atoms with E-state index in [4.69, 9.17) is 15.3 Å². The molecule has 16 heavy (non-hydrogen) atoms. The summed E-state index contributed by atoms with van der Waals surface area (Å²) in [6.45, 7) is 0.0777. The van der Waals surface area contributed by atoms with Crippen molar-refractivity contribution in [1.82, 2.24) is 0 Å². The molecule has 4 nitrogen and oxygen atoms in total. The molecule has 1 atom stereocenters. The van der Waals surface area contributed by atoms with Crippen LogP contribution in [0.4, 0.5) is 0 Å². The number of hydrogen-bond acceptors (Lipinski definition) is 4. The second kappa shape index (κ2) is 6.21. The fraction of sp³-hybridized carbons (Fsp3) is 0.250. The average molecular weight is 213 g/mol. The number of hydrogen-bond donors (Lipinski definition) is 0. The molecule has 0 aliphatic carbocycles. The molecule has 0 spiro atoms. The number of nitrogens with zero attached hydrogens (tertiary/aromatic N) is 3. The number of aliphatic imine (C=N–C) groups is 1. The highest BCUT2D eigenvalue weighted by Gasteiger charge is 2.06. The molecule has 0 fully saturated rings. The van der Waals surface area contributed by atoms with Crippen LogP contribution in [0.2, 0.25) is 0 Å². The van der Waals surface area contributed by atoms with Crippen LogP contribution < -0.4 is 4.74 Å². The molecule has 1 aromatic rings. The molecule has 80 valence electrons. The van der Waals surface area contributed by atoms with E-state index >= 15 is 0 Å². The molecular weight excluding hydrogens is 202 g/mol. The van der Waals surface area contributed by atoms with Crippen LogP contribution in [0.1, 0.15) is 11.5 Å². The third-order valence-electron chi connectivity index (χ3n) is 2.03. The van der Waals surface area contributed by atoms with Crippen molar-refractivity contribution in [2.75, 3.05) is 13.7 Å². The maximum Gasteiger partial charge on any atom is 0.125 e. The summed E-state index contributed by atoms with van der Waals surface area (Å²) in [5.74, 6) is 0.327. The number of benzene rings is 1. The molecule has 1 unspecified atom stereocenters. The van der Waals surface area contributed by atoms with Crippen molar-refractivity contribution >= 4 is 6.21 Å². The van der Waals surface area contributed by atoms with E-state index in [1.165, 1.54) is 6.21 Å². The molecule has 0 heterocycles. The second-order valence-corrected chi connectivity index (χ2v) is 3.03. The van der Waals surface area contributed by atoms with E-state index in [-0.39, 0.29) is 6.54 Å². The minimum atomic E-state index is -0.417. The Labute approximate surface area is 94.4 Å². The lowest BCUT2D eigenvalue weighted by Gasteiger charge is -2.04. The molecule has 0 radical (unpaired) electrons. The van der Waals surface area contributed by atoms with Gasteiger partial charge >= 0.3 is 0 Å². The van der Waals surface area contributed by atoms with Gasteiger partial charge in [-0.15, -0.1) is 0 Å². The Bertz CT molecular complexity index is 437. The van der Waals surface area contributed by atoms with Gasteiger partial charge in [-0.25, -0.2) is 0 Å². The summed E-state index contributed by atoms with van der Waals surface area (Å²) in [5.41, 5.74) is 0.838. The molecular formula is C12H11N3O. The molecule has 0 saturated heterocycles. The maximum atomic E-state index is 8.95. The van der Waals surface area contributed by atoms with Crippen molar-refractivity contribution < 1.29 is 4.74 Å². The topological polar surface area (TPSA) is 69.2 Å². The van der Waals surface area contributed by atoms with E-state index in [2.05, 4.69) is 11.1 Å². The maximum absolute atomic E-state index is 8.95. The predicted molar refractivity (Wildman–Crippen MR) is 60.3 cm³/mol. The van der Waals surface area contributed by atoms with Crippen LogP contribution in [-0.2, 0) is 0 Å². The molecule has 1 rings (SSSR count). The summed E-state index contributed by atoms with van der Waals surface area (Å²) in [5, 5.41) is 17.3. The van der Waals surface area contributed by atoms with Crippen LogP contribution in [0.15, 0.2) is 29.3 Å². The highest BCUT2D eigenvalue weighted by Crippen LogP contribution is 2.17. The second-order valence-electron chi connectivity index (χ2n) is 3.03. The van der Waals surface area contributed by atoms with Gasteiger partial charge in [-0.1, -0.05) is 12.1 Å². The minimum absolute atomic E-state index is 0.0777. The monoisotopic (exact) mass is 213 g/mol. The predicted octanol–water partition coefficient (Wildman–Crippen LogP) is 1.90. The van der Waals surface area contributed by atoms with Crippen molar-refractivity contribution in [3.63, 3.8) is 0 Å². The summed E-state index contributed by atoms with van der Waals surface area (Å²) in [6.07, 6.45) is 1.49. The number of ether oxygens (including phenoxy) is 1. The van der Waals surface area contributed by atoms with E-state index in [0.29, 0.717) is 0 Å². The van der Waals surface area contributed by atoms with E-state index in [9.17, 15) is 0 Å². The Morgan fingerprint density at radius 2 is 2.06 bits per heavy atom. The Morgan fingerprint density at radius 3 is 2.56 bits per heavy atom. The van der Waals surface area contributed by atoms with Gasteiger partial charge < -0.3 is 4.74 Å². The zero-order valence-corrected chi connectivity index (χ0v) is 8.92. The van der Waals surface area contributed by atoms with Crippen molar-refractivity contribution in [3.05, 3.63) is 29.8 Å². The highest BCUT2D eigenvalue weighted by molar-refractivity contribution is 5.71. The molecule has 0 aromatic heterocycles. The van der Waals surface area contributed by atoms with Gasteiger partial charge in [0.2, 0.25) is 0 Å². The zero-order valence-electron chi connectivity index (χ0n) is 8.92. The molecule has 0 aliphatic rings. The molecule has 1 aromatic carbocycles. The van der Waals surface area contributed by atoms with Gasteiger partial charge in [0.1, 0.15) is 18.2 Å². The largest absolute Gasteiger partial charge is 0.497 e. The van der Waals surface area contributed by atoms with Crippen molar-refractivity contribution in [1.29, 1.82) is 10.5 Å². The Morgan fingerprint density at radius 1 is 1.38 bits per heavy atom. The standard InChI is InChI=1S/C12H11N3O/c1-16-12-4-2-10(3-5-12)11(8-14)9-15-7-6-13/h2-5,9,11H,7H2,1H3. The lowest BCUT2D eigenvalue weighted by molar-refractivity contribution is 0.414. The Balaban J connectivity index is 2.80. The highest BCUT2D eigenvalue weighted by atomic mass is 16.5. The first-order valence-corrected chi connectivity index (χ1v) is 4.72. The first-order chi connectivity index (χ1) is 7.81. The van der Waals surface area contributed by atoms with Crippen molar-refractivity contribution in [3.8, 4) is 17.9 Å². The van der Waals surface area contributed by atoms with Gasteiger partial charge in [0.25, 0.3) is 0 Å². The number of rotatable bonds is 4. The van der Waals surface area contributed by atoms with Gasteiger partial charge in [0.05, 0.1) is 19.2 Å². The quantitative estimate of drug-likeness (QED) is 0.566. The lowest BCUT2D eigenvalue weighted by Crippen LogP contribution is -1.97. The van der Waals surface area contributed by atoms with Gasteiger partial charge in [0.15, 0.2) is 0 Å². The molecule has 0 N–H and O–H groups in total. The van der Waals surface area contributed by atoms with Crippen LogP contribution >= 0.6 is 0 Å². The summed E-state index contributed by atoms with van der Waals surface area (Å²) in [7, 11) is 1.59.